The summed E-state index contributed by atoms with van der Waals surface area (Å²) in [5.41, 5.74) is -0.424. The Morgan fingerprint density at radius 1 is 1.56 bits per heavy atom. The highest BCUT2D eigenvalue weighted by Gasteiger charge is 2.14. The molecule has 1 aromatic rings. The van der Waals surface area contributed by atoms with E-state index in [0.717, 1.165) is 6.42 Å². The zero-order valence-corrected chi connectivity index (χ0v) is 9.74. The fourth-order valence-corrected chi connectivity index (χ4v) is 1.25. The van der Waals surface area contributed by atoms with Crippen molar-refractivity contribution in [3.05, 3.63) is 27.8 Å². The van der Waals surface area contributed by atoms with Crippen LogP contribution in [0.4, 0.5) is 0 Å². The van der Waals surface area contributed by atoms with E-state index in [1.165, 1.54) is 13.0 Å². The Hall–Kier alpha value is -1.58. The van der Waals surface area contributed by atoms with Crippen molar-refractivity contribution < 1.29 is 14.3 Å². The molecular formula is C12H16O4. The second-order valence-electron chi connectivity index (χ2n) is 3.96. The Labute approximate surface area is 93.9 Å². The van der Waals surface area contributed by atoms with Gasteiger partial charge in [-0.15, -0.1) is 0 Å². The van der Waals surface area contributed by atoms with Crippen molar-refractivity contribution in [2.24, 2.45) is 5.92 Å². The minimum Gasteiger partial charge on any atom is -0.507 e. The van der Waals surface area contributed by atoms with Gasteiger partial charge in [0.05, 0.1) is 12.0 Å². The standard InChI is InChI=1S/C12H16O4/c1-4-7(2)10(13)5-9-6-11(14)8(3)12(15)16-9/h6-7,14H,4-5H2,1-3H3/t7-/m1/s1. The number of carbonyl (C=O) groups is 1. The van der Waals surface area contributed by atoms with E-state index in [1.54, 1.807) is 0 Å². The summed E-state index contributed by atoms with van der Waals surface area (Å²) in [5, 5.41) is 9.42. The summed E-state index contributed by atoms with van der Waals surface area (Å²) in [4.78, 5) is 22.9. The molecule has 0 aromatic carbocycles. The average Bonchev–Trinajstić information content (AvgIpc) is 2.24. The minimum absolute atomic E-state index is 0.00824. The zero-order chi connectivity index (χ0) is 12.3. The molecule has 1 N–H and O–H groups in total. The highest BCUT2D eigenvalue weighted by Crippen LogP contribution is 2.15. The molecule has 0 saturated heterocycles. The summed E-state index contributed by atoms with van der Waals surface area (Å²) in [7, 11) is 0. The van der Waals surface area contributed by atoms with Gasteiger partial charge in [0, 0.05) is 12.0 Å². The zero-order valence-electron chi connectivity index (χ0n) is 9.74. The van der Waals surface area contributed by atoms with Crippen LogP contribution in [0.3, 0.4) is 0 Å². The molecular weight excluding hydrogens is 208 g/mol. The first kappa shape index (κ1) is 12.5. The van der Waals surface area contributed by atoms with E-state index in [1.807, 2.05) is 13.8 Å². The van der Waals surface area contributed by atoms with Gasteiger partial charge in [0.1, 0.15) is 17.3 Å². The third-order valence-corrected chi connectivity index (χ3v) is 2.72. The van der Waals surface area contributed by atoms with Crippen molar-refractivity contribution in [2.75, 3.05) is 0 Å². The normalized spacial score (nSPS) is 12.4. The molecule has 0 radical (unpaired) electrons. The molecule has 0 fully saturated rings. The molecule has 0 unspecified atom stereocenters. The Morgan fingerprint density at radius 3 is 2.69 bits per heavy atom. The van der Waals surface area contributed by atoms with Gasteiger partial charge in [-0.25, -0.2) is 4.79 Å². The predicted octanol–water partition coefficient (Wildman–Crippen LogP) is 1.81. The van der Waals surface area contributed by atoms with E-state index in [0.29, 0.717) is 0 Å². The third-order valence-electron chi connectivity index (χ3n) is 2.72. The average molecular weight is 224 g/mol. The van der Waals surface area contributed by atoms with Crippen LogP contribution in [0.15, 0.2) is 15.3 Å². The largest absolute Gasteiger partial charge is 0.507 e. The summed E-state index contributed by atoms with van der Waals surface area (Å²) >= 11 is 0. The van der Waals surface area contributed by atoms with E-state index >= 15 is 0 Å². The predicted molar refractivity (Wildman–Crippen MR) is 59.5 cm³/mol. The lowest BCUT2D eigenvalue weighted by atomic mass is 10.00. The molecule has 0 amide bonds. The molecule has 0 bridgehead atoms. The SMILES string of the molecule is CC[C@@H](C)C(=O)Cc1cc(O)c(C)c(=O)o1. The maximum absolute atomic E-state index is 11.6. The Balaban J connectivity index is 2.91. The van der Waals surface area contributed by atoms with Crippen molar-refractivity contribution in [3.8, 4) is 5.75 Å². The molecule has 1 atom stereocenters. The van der Waals surface area contributed by atoms with Gasteiger partial charge in [0.15, 0.2) is 0 Å². The quantitative estimate of drug-likeness (QED) is 0.846. The summed E-state index contributed by atoms with van der Waals surface area (Å²) in [5.74, 6) is 0.0456. The maximum Gasteiger partial charge on any atom is 0.342 e. The van der Waals surface area contributed by atoms with Crippen LogP contribution in [0.2, 0.25) is 0 Å². The second-order valence-corrected chi connectivity index (χ2v) is 3.96. The lowest BCUT2D eigenvalue weighted by Gasteiger charge is -2.06. The molecule has 1 aromatic heterocycles. The van der Waals surface area contributed by atoms with Gasteiger partial charge >= 0.3 is 5.63 Å². The Kier molecular flexibility index (Phi) is 3.88. The van der Waals surface area contributed by atoms with Crippen LogP contribution in [0.1, 0.15) is 31.6 Å². The summed E-state index contributed by atoms with van der Waals surface area (Å²) in [6, 6.07) is 1.33. The van der Waals surface area contributed by atoms with E-state index in [-0.39, 0.29) is 35.2 Å². The minimum atomic E-state index is -0.591. The number of carbonyl (C=O) groups excluding carboxylic acids is 1. The maximum atomic E-state index is 11.6. The number of aromatic hydroxyl groups is 1. The van der Waals surface area contributed by atoms with Crippen LogP contribution in [0.25, 0.3) is 0 Å². The van der Waals surface area contributed by atoms with Gasteiger partial charge < -0.3 is 9.52 Å². The van der Waals surface area contributed by atoms with Crippen LogP contribution in [-0.4, -0.2) is 10.9 Å². The van der Waals surface area contributed by atoms with Crippen LogP contribution in [-0.2, 0) is 11.2 Å². The van der Waals surface area contributed by atoms with Gasteiger partial charge in [-0.2, -0.15) is 0 Å². The summed E-state index contributed by atoms with van der Waals surface area (Å²) in [6.45, 7) is 5.22. The molecule has 0 spiro atoms. The molecule has 88 valence electrons. The molecule has 4 heteroatoms. The van der Waals surface area contributed by atoms with Crippen molar-refractivity contribution in [3.63, 3.8) is 0 Å². The topological polar surface area (TPSA) is 67.5 Å². The lowest BCUT2D eigenvalue weighted by Crippen LogP contribution is -2.14. The van der Waals surface area contributed by atoms with E-state index in [4.69, 9.17) is 4.42 Å². The van der Waals surface area contributed by atoms with E-state index < -0.39 is 5.63 Å². The Morgan fingerprint density at radius 2 is 2.19 bits per heavy atom. The molecule has 0 aliphatic rings. The molecule has 1 heterocycles. The molecule has 0 aliphatic carbocycles. The smallest absolute Gasteiger partial charge is 0.342 e. The first-order valence-electron chi connectivity index (χ1n) is 5.31. The van der Waals surface area contributed by atoms with Crippen molar-refractivity contribution >= 4 is 5.78 Å². The Bertz CT molecular complexity index is 445. The van der Waals surface area contributed by atoms with Crippen LogP contribution < -0.4 is 5.63 Å². The molecule has 0 saturated carbocycles. The molecule has 4 nitrogen and oxygen atoms in total. The summed E-state index contributed by atoms with van der Waals surface area (Å²) < 4.78 is 4.92. The molecule has 16 heavy (non-hydrogen) atoms. The monoisotopic (exact) mass is 224 g/mol. The number of rotatable bonds is 4. The second kappa shape index (κ2) is 4.96. The van der Waals surface area contributed by atoms with Gasteiger partial charge in [-0.05, 0) is 13.3 Å². The van der Waals surface area contributed by atoms with Crippen LogP contribution in [0, 0.1) is 12.8 Å². The fourth-order valence-electron chi connectivity index (χ4n) is 1.25. The highest BCUT2D eigenvalue weighted by molar-refractivity contribution is 5.82. The number of hydrogen-bond acceptors (Lipinski definition) is 4. The van der Waals surface area contributed by atoms with Crippen molar-refractivity contribution in [2.45, 2.75) is 33.6 Å². The number of hydrogen-bond donors (Lipinski definition) is 1. The molecule has 1 rings (SSSR count). The first-order chi connectivity index (χ1) is 7.45. The first-order valence-corrected chi connectivity index (χ1v) is 5.31. The highest BCUT2D eigenvalue weighted by atomic mass is 16.4. The third kappa shape index (κ3) is 2.72. The van der Waals surface area contributed by atoms with Crippen LogP contribution in [0.5, 0.6) is 5.75 Å². The lowest BCUT2D eigenvalue weighted by molar-refractivity contribution is -0.122. The molecule has 0 aliphatic heterocycles. The van der Waals surface area contributed by atoms with Gasteiger partial charge in [-0.3, -0.25) is 4.79 Å². The van der Waals surface area contributed by atoms with Gasteiger partial charge in [0.25, 0.3) is 0 Å². The van der Waals surface area contributed by atoms with Gasteiger partial charge in [0.2, 0.25) is 0 Å². The fraction of sp³-hybridized carbons (Fsp3) is 0.500. The van der Waals surface area contributed by atoms with E-state index in [2.05, 4.69) is 0 Å². The summed E-state index contributed by atoms with van der Waals surface area (Å²) in [6.07, 6.45) is 0.805. The van der Waals surface area contributed by atoms with E-state index in [9.17, 15) is 14.7 Å². The number of ketones is 1. The van der Waals surface area contributed by atoms with Crippen molar-refractivity contribution in [1.82, 2.24) is 0 Å². The van der Waals surface area contributed by atoms with Crippen LogP contribution >= 0.6 is 0 Å². The van der Waals surface area contributed by atoms with Crippen molar-refractivity contribution in [1.29, 1.82) is 0 Å². The van der Waals surface area contributed by atoms with Gasteiger partial charge in [-0.1, -0.05) is 13.8 Å². The number of Topliss-reactive ketones (excluding diaryl/α,β-unsaturated/α-hetero) is 1.